The largest absolute Gasteiger partial charge is 0.342 e. The lowest BCUT2D eigenvalue weighted by Gasteiger charge is -2.23. The topological polar surface area (TPSA) is 90.6 Å². The summed E-state index contributed by atoms with van der Waals surface area (Å²) in [6.45, 7) is 4.74. The number of fused-ring (bicyclic) bond motifs is 1. The van der Waals surface area contributed by atoms with E-state index in [9.17, 15) is 19.2 Å². The average molecular weight is 333 g/mol. The Morgan fingerprint density at radius 1 is 1.17 bits per heavy atom. The molecule has 0 bridgehead atoms. The van der Waals surface area contributed by atoms with Crippen LogP contribution in [0.25, 0.3) is 0 Å². The molecule has 0 radical (unpaired) electrons. The van der Waals surface area contributed by atoms with E-state index in [0.29, 0.717) is 43.6 Å². The van der Waals surface area contributed by atoms with Gasteiger partial charge in [0.1, 0.15) is 5.56 Å². The maximum absolute atomic E-state index is 12.5. The van der Waals surface area contributed by atoms with Crippen LogP contribution in [0, 0.1) is 0 Å². The average Bonchev–Trinajstić information content (AvgIpc) is 2.55. The number of pyridine rings is 1. The van der Waals surface area contributed by atoms with E-state index in [4.69, 9.17) is 0 Å². The van der Waals surface area contributed by atoms with E-state index in [-0.39, 0.29) is 23.8 Å². The number of aromatic amines is 1. The van der Waals surface area contributed by atoms with E-state index in [2.05, 4.69) is 4.98 Å². The molecule has 7 heteroatoms. The second kappa shape index (κ2) is 7.42. The summed E-state index contributed by atoms with van der Waals surface area (Å²) in [4.78, 5) is 54.2. The van der Waals surface area contributed by atoms with Gasteiger partial charge in [-0.3, -0.25) is 19.2 Å². The Morgan fingerprint density at radius 3 is 2.46 bits per heavy atom. The molecule has 2 amide bonds. The van der Waals surface area contributed by atoms with Gasteiger partial charge in [-0.25, -0.2) is 0 Å². The van der Waals surface area contributed by atoms with Crippen LogP contribution in [0.2, 0.25) is 0 Å². The van der Waals surface area contributed by atoms with E-state index < -0.39 is 11.5 Å². The smallest absolute Gasteiger partial charge is 0.261 e. The number of Topliss-reactive ketones (excluding diaryl/α,β-unsaturated/α-hetero) is 1. The summed E-state index contributed by atoms with van der Waals surface area (Å²) < 4.78 is 0. The fourth-order valence-electron chi connectivity index (χ4n) is 2.89. The number of carbonyl (C=O) groups is 3. The molecule has 7 nitrogen and oxygen atoms in total. The fraction of sp³-hybridized carbons (Fsp3) is 0.529. The number of hydrogen-bond donors (Lipinski definition) is 1. The molecule has 0 saturated heterocycles. The molecule has 0 aliphatic heterocycles. The number of aryl methyl sites for hydroxylation is 1. The predicted octanol–water partition coefficient (Wildman–Crippen LogP) is 0.834. The molecule has 130 valence electrons. The Balaban J connectivity index is 2.23. The summed E-state index contributed by atoms with van der Waals surface area (Å²) in [6, 6.07) is 1.37. The minimum absolute atomic E-state index is 0.0663. The van der Waals surface area contributed by atoms with Crippen LogP contribution in [0.4, 0.5) is 0 Å². The fourth-order valence-corrected chi connectivity index (χ4v) is 2.89. The zero-order chi connectivity index (χ0) is 17.9. The minimum Gasteiger partial charge on any atom is -0.342 e. The van der Waals surface area contributed by atoms with E-state index in [0.717, 1.165) is 0 Å². The van der Waals surface area contributed by atoms with Crippen molar-refractivity contribution < 1.29 is 14.4 Å². The summed E-state index contributed by atoms with van der Waals surface area (Å²) >= 11 is 0. The molecule has 1 aromatic rings. The number of H-pyrrole nitrogens is 1. The first kappa shape index (κ1) is 17.9. The van der Waals surface area contributed by atoms with Crippen LogP contribution in [0.5, 0.6) is 0 Å². The van der Waals surface area contributed by atoms with Crippen molar-refractivity contribution in [2.75, 3.05) is 26.7 Å². The third-order valence-corrected chi connectivity index (χ3v) is 4.32. The van der Waals surface area contributed by atoms with Crippen molar-refractivity contribution in [2.45, 2.75) is 33.1 Å². The van der Waals surface area contributed by atoms with Gasteiger partial charge in [-0.1, -0.05) is 0 Å². The summed E-state index contributed by atoms with van der Waals surface area (Å²) in [5.74, 6) is -0.803. The number of aromatic nitrogens is 1. The molecule has 0 unspecified atom stereocenters. The van der Waals surface area contributed by atoms with Gasteiger partial charge in [0.05, 0.1) is 6.54 Å². The van der Waals surface area contributed by atoms with Gasteiger partial charge < -0.3 is 14.8 Å². The van der Waals surface area contributed by atoms with E-state index in [1.807, 2.05) is 13.8 Å². The van der Waals surface area contributed by atoms with Crippen molar-refractivity contribution in [1.82, 2.24) is 14.8 Å². The number of likely N-dealkylation sites (N-methyl/N-ethyl adjacent to an activating group) is 2. The Hall–Kier alpha value is -2.44. The van der Waals surface area contributed by atoms with Crippen molar-refractivity contribution in [3.63, 3.8) is 0 Å². The van der Waals surface area contributed by atoms with E-state index in [1.165, 1.54) is 18.0 Å². The van der Waals surface area contributed by atoms with Crippen molar-refractivity contribution in [1.29, 1.82) is 0 Å². The highest BCUT2D eigenvalue weighted by Gasteiger charge is 2.24. The molecule has 0 spiro atoms. The minimum atomic E-state index is -0.557. The molecule has 0 aromatic carbocycles. The van der Waals surface area contributed by atoms with Gasteiger partial charge >= 0.3 is 0 Å². The zero-order valence-corrected chi connectivity index (χ0v) is 14.3. The molecule has 1 N–H and O–H groups in total. The van der Waals surface area contributed by atoms with Gasteiger partial charge in [-0.15, -0.1) is 0 Å². The van der Waals surface area contributed by atoms with E-state index in [1.54, 1.807) is 4.90 Å². The number of ketones is 1. The third kappa shape index (κ3) is 3.55. The molecule has 0 saturated carbocycles. The van der Waals surface area contributed by atoms with Crippen LogP contribution in [0.1, 0.15) is 53.1 Å². The molecule has 1 aliphatic rings. The first-order valence-corrected chi connectivity index (χ1v) is 8.21. The Bertz CT molecular complexity index is 719. The van der Waals surface area contributed by atoms with Crippen LogP contribution in [-0.4, -0.2) is 59.1 Å². The quantitative estimate of drug-likeness (QED) is 0.864. The number of nitrogens with zero attached hydrogens (tertiary/aromatic N) is 2. The highest BCUT2D eigenvalue weighted by molar-refractivity contribution is 6.02. The summed E-state index contributed by atoms with van der Waals surface area (Å²) in [6.07, 6.45) is 1.75. The molecule has 1 aromatic heterocycles. The molecule has 2 rings (SSSR count). The van der Waals surface area contributed by atoms with Crippen LogP contribution >= 0.6 is 0 Å². The second-order valence-electron chi connectivity index (χ2n) is 5.91. The molecule has 1 heterocycles. The van der Waals surface area contributed by atoms with Crippen molar-refractivity contribution >= 4 is 17.6 Å². The highest BCUT2D eigenvalue weighted by Crippen LogP contribution is 2.19. The third-order valence-electron chi connectivity index (χ3n) is 4.32. The molecule has 0 fully saturated rings. The van der Waals surface area contributed by atoms with Crippen LogP contribution in [0.15, 0.2) is 10.9 Å². The first-order chi connectivity index (χ1) is 11.4. The summed E-state index contributed by atoms with van der Waals surface area (Å²) in [5, 5.41) is 0. The number of carbonyl (C=O) groups excluding carboxylic acids is 3. The maximum atomic E-state index is 12.5. The van der Waals surface area contributed by atoms with Crippen molar-refractivity contribution in [2.24, 2.45) is 0 Å². The van der Waals surface area contributed by atoms with Gasteiger partial charge in [0.2, 0.25) is 5.91 Å². The van der Waals surface area contributed by atoms with Gasteiger partial charge in [0.25, 0.3) is 11.5 Å². The molecule has 24 heavy (non-hydrogen) atoms. The predicted molar refractivity (Wildman–Crippen MR) is 89.2 cm³/mol. The molecular weight excluding hydrogens is 310 g/mol. The molecular formula is C17H23N3O4. The van der Waals surface area contributed by atoms with Crippen LogP contribution in [-0.2, 0) is 11.2 Å². The number of amides is 2. The highest BCUT2D eigenvalue weighted by atomic mass is 16.2. The summed E-state index contributed by atoms with van der Waals surface area (Å²) in [5.41, 5.74) is 0.386. The second-order valence-corrected chi connectivity index (χ2v) is 5.91. The molecule has 0 atom stereocenters. The number of nitrogens with one attached hydrogen (secondary N) is 1. The Labute approximate surface area is 140 Å². The molecule has 1 aliphatic carbocycles. The van der Waals surface area contributed by atoms with E-state index >= 15 is 0 Å². The Kier molecular flexibility index (Phi) is 5.54. The van der Waals surface area contributed by atoms with Crippen LogP contribution in [0.3, 0.4) is 0 Å². The van der Waals surface area contributed by atoms with Crippen molar-refractivity contribution in [3.05, 3.63) is 33.2 Å². The lowest BCUT2D eigenvalue weighted by Crippen LogP contribution is -2.42. The SMILES string of the molecule is CCN(CC)C(=O)CN(C)C(=O)c1cc2c([nH]c1=O)CCCC2=O. The van der Waals surface area contributed by atoms with Crippen molar-refractivity contribution in [3.8, 4) is 0 Å². The normalized spacial score (nSPS) is 13.4. The number of rotatable bonds is 5. The standard InChI is InChI=1S/C17H23N3O4/c1-4-20(5-2)15(22)10-19(3)17(24)12-9-11-13(18-16(12)23)7-6-8-14(11)21/h9H,4-8,10H2,1-3H3,(H,18,23). The van der Waals surface area contributed by atoms with Gasteiger partial charge in [-0.05, 0) is 32.8 Å². The van der Waals surface area contributed by atoms with Gasteiger partial charge in [0, 0.05) is 37.8 Å². The first-order valence-electron chi connectivity index (χ1n) is 8.21. The zero-order valence-electron chi connectivity index (χ0n) is 14.3. The van der Waals surface area contributed by atoms with Crippen LogP contribution < -0.4 is 5.56 Å². The summed E-state index contributed by atoms with van der Waals surface area (Å²) in [7, 11) is 1.48. The van der Waals surface area contributed by atoms with Gasteiger partial charge in [0.15, 0.2) is 5.78 Å². The lowest BCUT2D eigenvalue weighted by molar-refractivity contribution is -0.131. The Morgan fingerprint density at radius 2 is 1.83 bits per heavy atom. The monoisotopic (exact) mass is 333 g/mol. The lowest BCUT2D eigenvalue weighted by atomic mass is 9.93. The number of hydrogen-bond acceptors (Lipinski definition) is 4. The van der Waals surface area contributed by atoms with Gasteiger partial charge in [-0.2, -0.15) is 0 Å². The maximum Gasteiger partial charge on any atom is 0.261 e.